The Balaban J connectivity index is 1.67. The molecule has 2 aromatic rings. The molecule has 0 spiro atoms. The van der Waals surface area contributed by atoms with E-state index in [9.17, 15) is 4.79 Å². The van der Waals surface area contributed by atoms with E-state index in [1.54, 1.807) is 19.4 Å². The van der Waals surface area contributed by atoms with Crippen molar-refractivity contribution in [1.29, 1.82) is 0 Å². The number of oxazole rings is 1. The van der Waals surface area contributed by atoms with Gasteiger partial charge in [0.2, 0.25) is 5.91 Å². The number of nitrogens with zero attached hydrogens (tertiary/aromatic N) is 1. The van der Waals surface area contributed by atoms with Crippen molar-refractivity contribution in [3.8, 4) is 17.1 Å². The summed E-state index contributed by atoms with van der Waals surface area (Å²) in [4.78, 5) is 16.4. The van der Waals surface area contributed by atoms with Crippen LogP contribution in [0.1, 0.15) is 26.7 Å². The summed E-state index contributed by atoms with van der Waals surface area (Å²) >= 11 is 0. The van der Waals surface area contributed by atoms with E-state index in [4.69, 9.17) is 9.15 Å². The number of methoxy groups -OCH3 is 1. The number of benzene rings is 1. The Labute approximate surface area is 148 Å². The number of carbonyl (C=O) groups is 1. The van der Waals surface area contributed by atoms with Gasteiger partial charge in [-0.2, -0.15) is 0 Å². The fourth-order valence-corrected chi connectivity index (χ4v) is 3.54. The van der Waals surface area contributed by atoms with Gasteiger partial charge in [-0.05, 0) is 36.9 Å². The minimum absolute atomic E-state index is 0.0134. The fourth-order valence-electron chi connectivity index (χ4n) is 3.54. The van der Waals surface area contributed by atoms with Crippen molar-refractivity contribution in [2.24, 2.45) is 11.8 Å². The molecule has 2 heterocycles. The summed E-state index contributed by atoms with van der Waals surface area (Å²) in [6.45, 7) is 5.42. The van der Waals surface area contributed by atoms with E-state index >= 15 is 0 Å². The zero-order valence-electron chi connectivity index (χ0n) is 14.9. The second-order valence-corrected chi connectivity index (χ2v) is 6.79. The minimum Gasteiger partial charge on any atom is -0.496 e. The van der Waals surface area contributed by atoms with Crippen molar-refractivity contribution in [3.05, 3.63) is 30.8 Å². The summed E-state index contributed by atoms with van der Waals surface area (Å²) in [7, 11) is 1.59. The summed E-state index contributed by atoms with van der Waals surface area (Å²) in [5, 5.41) is 6.42. The van der Waals surface area contributed by atoms with E-state index in [1.807, 2.05) is 12.1 Å². The predicted octanol–water partition coefficient (Wildman–Crippen LogP) is 3.31. The molecule has 0 bridgehead atoms. The van der Waals surface area contributed by atoms with Crippen LogP contribution < -0.4 is 15.4 Å². The van der Waals surface area contributed by atoms with E-state index in [0.717, 1.165) is 18.5 Å². The highest BCUT2D eigenvalue weighted by Gasteiger charge is 2.30. The zero-order valence-corrected chi connectivity index (χ0v) is 14.9. The lowest BCUT2D eigenvalue weighted by atomic mass is 9.87. The Hall–Kier alpha value is -2.34. The average molecular weight is 343 g/mol. The molecule has 1 saturated heterocycles. The quantitative estimate of drug-likeness (QED) is 0.841. The van der Waals surface area contributed by atoms with E-state index in [-0.39, 0.29) is 11.9 Å². The molecule has 1 fully saturated rings. The average Bonchev–Trinajstić information content (AvgIpc) is 3.26. The second-order valence-electron chi connectivity index (χ2n) is 6.79. The summed E-state index contributed by atoms with van der Waals surface area (Å²) in [5.41, 5.74) is 1.51. The van der Waals surface area contributed by atoms with Gasteiger partial charge in [0, 0.05) is 24.2 Å². The molecule has 0 radical (unpaired) electrons. The molecule has 1 aromatic carbocycles. The molecule has 134 valence electrons. The lowest BCUT2D eigenvalue weighted by Gasteiger charge is -2.22. The summed E-state index contributed by atoms with van der Waals surface area (Å²) in [5.74, 6) is 2.40. The van der Waals surface area contributed by atoms with Gasteiger partial charge in [0.1, 0.15) is 5.75 Å². The SMILES string of the molecule is COc1cc(NC(=O)CC2NCCC2C(C)C)ccc1-c1cnco1. The van der Waals surface area contributed by atoms with Crippen LogP contribution in [0.2, 0.25) is 0 Å². The third-order valence-corrected chi connectivity index (χ3v) is 4.85. The van der Waals surface area contributed by atoms with Gasteiger partial charge in [-0.3, -0.25) is 4.79 Å². The Kier molecular flexibility index (Phi) is 5.38. The number of rotatable bonds is 6. The van der Waals surface area contributed by atoms with E-state index in [2.05, 4.69) is 29.5 Å². The summed E-state index contributed by atoms with van der Waals surface area (Å²) in [6.07, 6.45) is 4.63. The van der Waals surface area contributed by atoms with Gasteiger partial charge in [-0.25, -0.2) is 4.98 Å². The van der Waals surface area contributed by atoms with Crippen LogP contribution in [0.5, 0.6) is 5.75 Å². The van der Waals surface area contributed by atoms with Crippen molar-refractivity contribution in [1.82, 2.24) is 10.3 Å². The molecule has 2 N–H and O–H groups in total. The molecule has 1 aliphatic rings. The largest absolute Gasteiger partial charge is 0.496 e. The van der Waals surface area contributed by atoms with Gasteiger partial charge in [-0.15, -0.1) is 0 Å². The van der Waals surface area contributed by atoms with Crippen LogP contribution in [0, 0.1) is 11.8 Å². The topological polar surface area (TPSA) is 76.4 Å². The van der Waals surface area contributed by atoms with Crippen LogP contribution in [0.4, 0.5) is 5.69 Å². The molecule has 25 heavy (non-hydrogen) atoms. The first kappa shape index (κ1) is 17.5. The molecule has 2 atom stereocenters. The normalized spacial score (nSPS) is 20.0. The van der Waals surface area contributed by atoms with Gasteiger partial charge < -0.3 is 19.8 Å². The number of hydrogen-bond donors (Lipinski definition) is 2. The van der Waals surface area contributed by atoms with Gasteiger partial charge in [-0.1, -0.05) is 13.8 Å². The van der Waals surface area contributed by atoms with Crippen LogP contribution in [0.3, 0.4) is 0 Å². The number of carbonyl (C=O) groups excluding carboxylic acids is 1. The maximum absolute atomic E-state index is 12.4. The molecule has 1 amide bonds. The molecule has 6 heteroatoms. The minimum atomic E-state index is 0.0134. The molecule has 0 saturated carbocycles. The van der Waals surface area contributed by atoms with Crippen LogP contribution in [0.25, 0.3) is 11.3 Å². The molecule has 2 unspecified atom stereocenters. The van der Waals surface area contributed by atoms with Crippen molar-refractivity contribution in [2.45, 2.75) is 32.7 Å². The molecule has 6 nitrogen and oxygen atoms in total. The number of ether oxygens (including phenoxy) is 1. The smallest absolute Gasteiger partial charge is 0.225 e. The first-order valence-corrected chi connectivity index (χ1v) is 8.68. The first-order valence-electron chi connectivity index (χ1n) is 8.68. The summed E-state index contributed by atoms with van der Waals surface area (Å²) < 4.78 is 10.7. The van der Waals surface area contributed by atoms with E-state index in [1.165, 1.54) is 6.39 Å². The van der Waals surface area contributed by atoms with E-state index in [0.29, 0.717) is 35.5 Å². The Morgan fingerprint density at radius 3 is 3.00 bits per heavy atom. The third-order valence-electron chi connectivity index (χ3n) is 4.85. The molecule has 3 rings (SSSR count). The van der Waals surface area contributed by atoms with Gasteiger partial charge in [0.05, 0.1) is 18.9 Å². The number of aromatic nitrogens is 1. The van der Waals surface area contributed by atoms with Crippen molar-refractivity contribution in [3.63, 3.8) is 0 Å². The van der Waals surface area contributed by atoms with Gasteiger partial charge >= 0.3 is 0 Å². The highest BCUT2D eigenvalue weighted by atomic mass is 16.5. The van der Waals surface area contributed by atoms with E-state index < -0.39 is 0 Å². The Morgan fingerprint density at radius 2 is 2.32 bits per heavy atom. The number of nitrogens with one attached hydrogen (secondary N) is 2. The fraction of sp³-hybridized carbons (Fsp3) is 0.474. The number of hydrogen-bond acceptors (Lipinski definition) is 5. The first-order chi connectivity index (χ1) is 12.1. The summed E-state index contributed by atoms with van der Waals surface area (Å²) in [6, 6.07) is 5.76. The van der Waals surface area contributed by atoms with Gasteiger partial charge in [0.25, 0.3) is 0 Å². The molecule has 0 aliphatic carbocycles. The van der Waals surface area contributed by atoms with Crippen LogP contribution in [-0.2, 0) is 4.79 Å². The molecular weight excluding hydrogens is 318 g/mol. The maximum Gasteiger partial charge on any atom is 0.225 e. The zero-order chi connectivity index (χ0) is 17.8. The lowest BCUT2D eigenvalue weighted by Crippen LogP contribution is -2.33. The van der Waals surface area contributed by atoms with Crippen molar-refractivity contribution in [2.75, 3.05) is 19.0 Å². The maximum atomic E-state index is 12.4. The highest BCUT2D eigenvalue weighted by molar-refractivity contribution is 5.92. The monoisotopic (exact) mass is 343 g/mol. The third kappa shape index (κ3) is 4.02. The Morgan fingerprint density at radius 1 is 1.48 bits per heavy atom. The Bertz CT molecular complexity index is 713. The number of amides is 1. The van der Waals surface area contributed by atoms with Crippen LogP contribution in [0.15, 0.2) is 35.2 Å². The van der Waals surface area contributed by atoms with Crippen molar-refractivity contribution < 1.29 is 13.9 Å². The second kappa shape index (κ2) is 7.70. The lowest BCUT2D eigenvalue weighted by molar-refractivity contribution is -0.116. The predicted molar refractivity (Wildman–Crippen MR) is 96.5 cm³/mol. The van der Waals surface area contributed by atoms with Crippen molar-refractivity contribution >= 4 is 11.6 Å². The molecular formula is C19H25N3O3. The van der Waals surface area contributed by atoms with Crippen LogP contribution >= 0.6 is 0 Å². The molecule has 1 aliphatic heterocycles. The van der Waals surface area contributed by atoms with Crippen LogP contribution in [-0.4, -0.2) is 30.6 Å². The standard InChI is InChI=1S/C19H25N3O3/c1-12(2)14-6-7-21-16(14)9-19(23)22-13-4-5-15(17(8-13)24-3)18-10-20-11-25-18/h4-5,8,10-12,14,16,21H,6-7,9H2,1-3H3,(H,22,23). The molecule has 1 aromatic heterocycles. The van der Waals surface area contributed by atoms with Gasteiger partial charge in [0.15, 0.2) is 12.2 Å². The number of anilines is 1. The highest BCUT2D eigenvalue weighted by Crippen LogP contribution is 2.32.